The summed E-state index contributed by atoms with van der Waals surface area (Å²) in [5.41, 5.74) is 0. The summed E-state index contributed by atoms with van der Waals surface area (Å²) in [5.74, 6) is -0.245. The van der Waals surface area contributed by atoms with E-state index in [9.17, 15) is 45.6 Å². The highest BCUT2D eigenvalue weighted by atomic mass is 16.7. The summed E-state index contributed by atoms with van der Waals surface area (Å²) >= 11 is 0. The molecule has 2 heterocycles. The molecule has 2 rings (SSSR count). The average Bonchev–Trinajstić information content (AvgIpc) is 0.790. The van der Waals surface area contributed by atoms with Crippen molar-refractivity contribution in [2.45, 2.75) is 421 Å². The Morgan fingerprint density at radius 3 is 1.00 bits per heavy atom. The summed E-state index contributed by atoms with van der Waals surface area (Å²) in [6.07, 6.45) is 93.9. The lowest BCUT2D eigenvalue weighted by molar-refractivity contribution is -0.359. The van der Waals surface area contributed by atoms with Gasteiger partial charge in [-0.15, -0.1) is 0 Å². The number of allylic oxidation sites excluding steroid dienone is 21. The number of amides is 1. The number of carbonyl (C=O) groups excluding carboxylic acids is 1. The van der Waals surface area contributed by atoms with Crippen molar-refractivity contribution in [1.29, 1.82) is 0 Å². The van der Waals surface area contributed by atoms with Gasteiger partial charge in [0.15, 0.2) is 12.6 Å². The molecule has 1 amide bonds. The zero-order chi connectivity index (χ0) is 76.5. The van der Waals surface area contributed by atoms with Crippen LogP contribution in [0.25, 0.3) is 0 Å². The Kier molecular flexibility index (Phi) is 68.5. The van der Waals surface area contributed by atoms with Crippen LogP contribution in [0.5, 0.6) is 0 Å². The van der Waals surface area contributed by atoms with Crippen LogP contribution in [-0.2, 0) is 23.7 Å². The molecular formula is C92H159NO13. The fraction of sp³-hybridized carbons (Fsp3) is 0.750. The van der Waals surface area contributed by atoms with Crippen LogP contribution in [0.15, 0.2) is 134 Å². The highest BCUT2D eigenvalue weighted by Crippen LogP contribution is 2.30. The van der Waals surface area contributed by atoms with Gasteiger partial charge in [0, 0.05) is 6.42 Å². The fourth-order valence-corrected chi connectivity index (χ4v) is 13.6. The van der Waals surface area contributed by atoms with Crippen LogP contribution in [0.2, 0.25) is 0 Å². The minimum Gasteiger partial charge on any atom is -0.394 e. The van der Waals surface area contributed by atoms with Gasteiger partial charge in [-0.1, -0.05) is 379 Å². The third kappa shape index (κ3) is 55.5. The Balaban J connectivity index is 1.60. The van der Waals surface area contributed by atoms with E-state index in [1.54, 1.807) is 6.08 Å². The molecule has 2 fully saturated rings. The SMILES string of the molecule is CC/C=C\C/C=C\C/C=C\C/C=C\C/C=C\C/C=C\C/C=C\C/C=C\C/C=C\C/C=C\CCCCCCCCCCCCC(=O)NC(COC1OC(CO)C(OC2OC(CO)C(O)C(O)C2O)C(O)C1O)C(O)/C=C/CCCCCCCCCCCCCCCCCCCCCCCCCCCCCCC. The van der Waals surface area contributed by atoms with E-state index >= 15 is 0 Å². The lowest BCUT2D eigenvalue weighted by Gasteiger charge is -2.46. The van der Waals surface area contributed by atoms with Gasteiger partial charge in [0.2, 0.25) is 5.91 Å². The first-order valence-corrected chi connectivity index (χ1v) is 43.4. The molecule has 610 valence electrons. The van der Waals surface area contributed by atoms with Crippen molar-refractivity contribution in [3.63, 3.8) is 0 Å². The van der Waals surface area contributed by atoms with Gasteiger partial charge in [-0.25, -0.2) is 0 Å². The molecule has 9 N–H and O–H groups in total. The number of aliphatic hydroxyl groups excluding tert-OH is 8. The van der Waals surface area contributed by atoms with Gasteiger partial charge >= 0.3 is 0 Å². The number of aliphatic hydroxyl groups is 8. The van der Waals surface area contributed by atoms with Gasteiger partial charge in [-0.05, 0) is 96.3 Å². The summed E-state index contributed by atoms with van der Waals surface area (Å²) < 4.78 is 22.9. The molecule has 0 spiro atoms. The van der Waals surface area contributed by atoms with Crippen molar-refractivity contribution in [3.8, 4) is 0 Å². The number of ether oxygens (including phenoxy) is 4. The number of unbranched alkanes of at least 4 members (excludes halogenated alkanes) is 39. The number of hydrogen-bond acceptors (Lipinski definition) is 13. The van der Waals surface area contributed by atoms with E-state index in [1.807, 2.05) is 6.08 Å². The first-order chi connectivity index (χ1) is 52.1. The van der Waals surface area contributed by atoms with Crippen molar-refractivity contribution in [2.75, 3.05) is 19.8 Å². The van der Waals surface area contributed by atoms with Gasteiger partial charge in [-0.2, -0.15) is 0 Å². The van der Waals surface area contributed by atoms with Crippen molar-refractivity contribution in [3.05, 3.63) is 134 Å². The molecule has 0 bridgehead atoms. The molecule has 14 nitrogen and oxygen atoms in total. The zero-order valence-corrected chi connectivity index (χ0v) is 67.1. The Bertz CT molecular complexity index is 2300. The molecule has 14 heteroatoms. The number of carbonyl (C=O) groups is 1. The van der Waals surface area contributed by atoms with E-state index in [1.165, 1.54) is 212 Å². The van der Waals surface area contributed by atoms with Crippen LogP contribution in [0.3, 0.4) is 0 Å². The highest BCUT2D eigenvalue weighted by Gasteiger charge is 2.51. The summed E-state index contributed by atoms with van der Waals surface area (Å²) in [4.78, 5) is 13.4. The average molecular weight is 1490 g/mol. The number of nitrogens with one attached hydrogen (secondary N) is 1. The van der Waals surface area contributed by atoms with E-state index in [-0.39, 0.29) is 18.9 Å². The smallest absolute Gasteiger partial charge is 0.220 e. The molecular weight excluding hydrogens is 1330 g/mol. The van der Waals surface area contributed by atoms with Gasteiger partial charge in [0.1, 0.15) is 48.8 Å². The van der Waals surface area contributed by atoms with E-state index < -0.39 is 86.8 Å². The lowest BCUT2D eigenvalue weighted by Crippen LogP contribution is -2.65. The predicted molar refractivity (Wildman–Crippen MR) is 442 cm³/mol. The van der Waals surface area contributed by atoms with Crippen LogP contribution in [0.4, 0.5) is 0 Å². The van der Waals surface area contributed by atoms with Crippen molar-refractivity contribution < 1.29 is 64.6 Å². The number of rotatable bonds is 72. The molecule has 106 heavy (non-hydrogen) atoms. The minimum absolute atomic E-state index is 0.245. The van der Waals surface area contributed by atoms with Gasteiger partial charge in [0.05, 0.1) is 32.0 Å². The second kappa shape index (κ2) is 73.9. The van der Waals surface area contributed by atoms with Crippen LogP contribution in [0, 0.1) is 0 Å². The topological polar surface area (TPSA) is 228 Å². The molecule has 0 aliphatic carbocycles. The summed E-state index contributed by atoms with van der Waals surface area (Å²) in [7, 11) is 0. The molecule has 0 aromatic rings. The summed E-state index contributed by atoms with van der Waals surface area (Å²) in [6, 6.07) is -0.928. The maximum atomic E-state index is 13.4. The second-order valence-corrected chi connectivity index (χ2v) is 29.9. The van der Waals surface area contributed by atoms with Crippen molar-refractivity contribution >= 4 is 5.91 Å². The zero-order valence-electron chi connectivity index (χ0n) is 67.1. The maximum Gasteiger partial charge on any atom is 0.220 e. The Labute approximate surface area is 647 Å². The molecule has 0 aromatic carbocycles. The summed E-state index contributed by atoms with van der Waals surface area (Å²) in [6.45, 7) is 2.72. The standard InChI is InChI=1S/C92H159NO13/c1-3-5-7-9-11-13-15-17-19-21-23-25-27-29-31-33-35-36-37-38-39-40-41-42-43-44-46-48-50-52-54-56-58-60-62-64-66-68-70-72-74-76-84(97)93-80(79-103-91-89(102)87(100)90(83(78-95)105-91)106-92-88(101)86(99)85(98)82(77-94)104-92)81(96)75-73-71-69-67-65-63-61-59-57-55-53-51-49-47-45-34-32-30-28-26-24-22-20-18-16-14-12-10-8-6-4-2/h5,7,11,13,17,19,23,25,29,31,35-36,38-39,41-42,44,46,50,52,73,75,80-83,85-92,94-96,98-102H,3-4,6,8-10,12,14-16,18,20-22,24,26-28,30,32-34,37,40,43,45,47-49,51,53-72,74,76-79H2,1-2H3,(H,93,97)/b7-5-,13-11-,19-17-,25-23-,31-29-,36-35-,39-38-,42-41-,46-44-,52-50-,75-73+. The lowest BCUT2D eigenvalue weighted by atomic mass is 9.97. The molecule has 2 aliphatic rings. The van der Waals surface area contributed by atoms with Crippen LogP contribution >= 0.6 is 0 Å². The minimum atomic E-state index is -1.80. The van der Waals surface area contributed by atoms with Gasteiger partial charge in [0.25, 0.3) is 0 Å². The van der Waals surface area contributed by atoms with E-state index in [2.05, 4.69) is 141 Å². The van der Waals surface area contributed by atoms with E-state index in [4.69, 9.17) is 18.9 Å². The predicted octanol–water partition coefficient (Wildman–Crippen LogP) is 20.9. The molecule has 0 radical (unpaired) electrons. The monoisotopic (exact) mass is 1490 g/mol. The maximum absolute atomic E-state index is 13.4. The Hall–Kier alpha value is -3.87. The normalized spacial score (nSPS) is 22.0. The first-order valence-electron chi connectivity index (χ1n) is 43.4. The summed E-state index contributed by atoms with van der Waals surface area (Å²) in [5, 5.41) is 87.8. The fourth-order valence-electron chi connectivity index (χ4n) is 13.6. The molecule has 12 atom stereocenters. The Morgan fingerprint density at radius 1 is 0.349 bits per heavy atom. The number of hydrogen-bond donors (Lipinski definition) is 9. The highest BCUT2D eigenvalue weighted by molar-refractivity contribution is 5.76. The van der Waals surface area contributed by atoms with Crippen molar-refractivity contribution in [2.24, 2.45) is 0 Å². The van der Waals surface area contributed by atoms with Crippen LogP contribution in [0.1, 0.15) is 348 Å². The van der Waals surface area contributed by atoms with E-state index in [0.717, 1.165) is 109 Å². The third-order valence-corrected chi connectivity index (χ3v) is 20.3. The quantitative estimate of drug-likeness (QED) is 0.0204. The second-order valence-electron chi connectivity index (χ2n) is 29.9. The van der Waals surface area contributed by atoms with Gasteiger partial charge in [-0.3, -0.25) is 4.79 Å². The van der Waals surface area contributed by atoms with Gasteiger partial charge < -0.3 is 65.1 Å². The van der Waals surface area contributed by atoms with Crippen LogP contribution in [-0.4, -0.2) is 140 Å². The Morgan fingerprint density at radius 2 is 0.651 bits per heavy atom. The van der Waals surface area contributed by atoms with Crippen LogP contribution < -0.4 is 5.32 Å². The van der Waals surface area contributed by atoms with E-state index in [0.29, 0.717) is 6.42 Å². The molecule has 0 aromatic heterocycles. The molecule has 2 aliphatic heterocycles. The third-order valence-electron chi connectivity index (χ3n) is 20.3. The largest absolute Gasteiger partial charge is 0.394 e. The van der Waals surface area contributed by atoms with Crippen molar-refractivity contribution in [1.82, 2.24) is 5.32 Å². The molecule has 2 saturated heterocycles. The molecule has 12 unspecified atom stereocenters. The molecule has 0 saturated carbocycles. The first kappa shape index (κ1) is 98.2.